The van der Waals surface area contributed by atoms with Crippen LogP contribution in [0.25, 0.3) is 17.0 Å². The molecule has 0 aromatic carbocycles. The van der Waals surface area contributed by atoms with Gasteiger partial charge in [-0.3, -0.25) is 4.40 Å². The van der Waals surface area contributed by atoms with Crippen LogP contribution in [0.2, 0.25) is 0 Å². The third kappa shape index (κ3) is 2.76. The zero-order valence-corrected chi connectivity index (χ0v) is 15.7. The number of likely N-dealkylation sites (tertiary alicyclic amines) is 1. The lowest BCUT2D eigenvalue weighted by Crippen LogP contribution is -2.56. The summed E-state index contributed by atoms with van der Waals surface area (Å²) in [5.74, 6) is -0.666. The van der Waals surface area contributed by atoms with Crippen molar-refractivity contribution < 1.29 is 17.6 Å². The molecule has 5 rings (SSSR count). The number of fused-ring (bicyclic) bond motifs is 1. The van der Waals surface area contributed by atoms with Crippen LogP contribution in [0.15, 0.2) is 12.4 Å². The fourth-order valence-electron chi connectivity index (χ4n) is 3.94. The van der Waals surface area contributed by atoms with Crippen molar-refractivity contribution in [2.75, 3.05) is 31.6 Å². The van der Waals surface area contributed by atoms with E-state index in [1.54, 1.807) is 11.7 Å². The van der Waals surface area contributed by atoms with E-state index in [1.807, 2.05) is 7.05 Å². The molecule has 8 nitrogen and oxygen atoms in total. The summed E-state index contributed by atoms with van der Waals surface area (Å²) in [5, 5.41) is 8.72. The van der Waals surface area contributed by atoms with Gasteiger partial charge >= 0.3 is 6.18 Å². The van der Waals surface area contributed by atoms with Gasteiger partial charge in [-0.1, -0.05) is 0 Å². The SMILES string of the molecule is Cc1c(-c2cnn(C3CN(C)C3)n2)nc(N2CC[C@@H]2C(F)(F)F)c2ncc(F)n12. The van der Waals surface area contributed by atoms with Crippen LogP contribution in [0.4, 0.5) is 23.4 Å². The number of likely N-dealkylation sites (N-methyl/N-ethyl adjacent to an activating group) is 1. The third-order valence-corrected chi connectivity index (χ3v) is 5.61. The molecule has 2 saturated heterocycles. The van der Waals surface area contributed by atoms with E-state index in [4.69, 9.17) is 0 Å². The minimum Gasteiger partial charge on any atom is -0.341 e. The summed E-state index contributed by atoms with van der Waals surface area (Å²) in [5.41, 5.74) is 1.14. The number of halogens is 4. The molecule has 29 heavy (non-hydrogen) atoms. The van der Waals surface area contributed by atoms with Crippen LogP contribution in [-0.2, 0) is 0 Å². The highest BCUT2D eigenvalue weighted by Gasteiger charge is 2.50. The van der Waals surface area contributed by atoms with Crippen LogP contribution >= 0.6 is 0 Å². The van der Waals surface area contributed by atoms with Gasteiger partial charge in [0.2, 0.25) is 5.95 Å². The summed E-state index contributed by atoms with van der Waals surface area (Å²) in [6.07, 6.45) is -1.93. The number of alkyl halides is 3. The highest BCUT2D eigenvalue weighted by molar-refractivity contribution is 5.72. The molecule has 154 valence electrons. The summed E-state index contributed by atoms with van der Waals surface area (Å²) in [6.45, 7) is 3.42. The average molecular weight is 410 g/mol. The Kier molecular flexibility index (Phi) is 3.86. The average Bonchev–Trinajstić information content (AvgIpc) is 3.19. The first-order valence-electron chi connectivity index (χ1n) is 9.21. The lowest BCUT2D eigenvalue weighted by atomic mass is 10.0. The van der Waals surface area contributed by atoms with Crippen molar-refractivity contribution in [2.24, 2.45) is 0 Å². The smallest absolute Gasteiger partial charge is 0.341 e. The highest BCUT2D eigenvalue weighted by Crippen LogP contribution is 2.39. The number of rotatable bonds is 3. The summed E-state index contributed by atoms with van der Waals surface area (Å²) < 4.78 is 55.5. The molecule has 3 aromatic rings. The summed E-state index contributed by atoms with van der Waals surface area (Å²) in [7, 11) is 1.98. The molecule has 0 unspecified atom stereocenters. The van der Waals surface area contributed by atoms with Crippen molar-refractivity contribution in [3.63, 3.8) is 0 Å². The lowest BCUT2D eigenvalue weighted by molar-refractivity contribution is -0.159. The Labute approximate surface area is 162 Å². The van der Waals surface area contributed by atoms with E-state index in [9.17, 15) is 17.6 Å². The maximum absolute atomic E-state index is 14.4. The Balaban J connectivity index is 1.61. The Morgan fingerprint density at radius 2 is 1.93 bits per heavy atom. The summed E-state index contributed by atoms with van der Waals surface area (Å²) >= 11 is 0. The molecule has 0 aliphatic carbocycles. The van der Waals surface area contributed by atoms with Gasteiger partial charge < -0.3 is 9.80 Å². The van der Waals surface area contributed by atoms with E-state index in [-0.39, 0.29) is 36.2 Å². The topological polar surface area (TPSA) is 67.4 Å². The van der Waals surface area contributed by atoms with Gasteiger partial charge in [-0.2, -0.15) is 32.6 Å². The van der Waals surface area contributed by atoms with Crippen molar-refractivity contribution in [1.82, 2.24) is 34.3 Å². The molecule has 5 heterocycles. The zero-order valence-electron chi connectivity index (χ0n) is 15.7. The molecule has 1 atom stereocenters. The second kappa shape index (κ2) is 6.12. The standard InChI is InChI=1S/C17H18F4N8/c1-9-14(11-5-23-29(25-11)10-7-26(2)8-10)24-16(15-22-6-13(18)28(9)15)27-4-3-12(27)17(19,20)21/h5-6,10,12H,3-4,7-8H2,1-2H3/t12-/m1/s1. The number of anilines is 1. The van der Waals surface area contributed by atoms with E-state index in [2.05, 4.69) is 25.1 Å². The summed E-state index contributed by atoms with van der Waals surface area (Å²) in [6, 6.07) is -1.53. The van der Waals surface area contributed by atoms with E-state index in [0.29, 0.717) is 11.4 Å². The molecule has 0 bridgehead atoms. The first kappa shape index (κ1) is 18.3. The molecule has 0 amide bonds. The molecule has 0 radical (unpaired) electrons. The Morgan fingerprint density at radius 3 is 2.55 bits per heavy atom. The van der Waals surface area contributed by atoms with Gasteiger partial charge in [0.05, 0.1) is 24.1 Å². The van der Waals surface area contributed by atoms with Gasteiger partial charge in [0.25, 0.3) is 0 Å². The first-order valence-corrected chi connectivity index (χ1v) is 9.21. The van der Waals surface area contributed by atoms with Gasteiger partial charge in [0.1, 0.15) is 17.4 Å². The van der Waals surface area contributed by atoms with Crippen LogP contribution in [0.5, 0.6) is 0 Å². The molecule has 2 aliphatic rings. The van der Waals surface area contributed by atoms with Gasteiger partial charge in [0.15, 0.2) is 11.5 Å². The largest absolute Gasteiger partial charge is 0.408 e. The van der Waals surface area contributed by atoms with Crippen LogP contribution in [0.1, 0.15) is 18.2 Å². The van der Waals surface area contributed by atoms with Crippen molar-refractivity contribution in [3.05, 3.63) is 24.0 Å². The van der Waals surface area contributed by atoms with Crippen molar-refractivity contribution in [2.45, 2.75) is 31.6 Å². The number of hydrogen-bond acceptors (Lipinski definition) is 6. The fourth-order valence-corrected chi connectivity index (χ4v) is 3.94. The van der Waals surface area contributed by atoms with Gasteiger partial charge in [-0.25, -0.2) is 9.97 Å². The quantitative estimate of drug-likeness (QED) is 0.616. The van der Waals surface area contributed by atoms with Crippen molar-refractivity contribution in [1.29, 1.82) is 0 Å². The van der Waals surface area contributed by atoms with E-state index in [0.717, 1.165) is 24.2 Å². The van der Waals surface area contributed by atoms with Crippen molar-refractivity contribution >= 4 is 11.5 Å². The second-order valence-electron chi connectivity index (χ2n) is 7.57. The van der Waals surface area contributed by atoms with Crippen LogP contribution in [0, 0.1) is 12.9 Å². The normalized spacial score (nSPS) is 20.9. The molecule has 2 aliphatic heterocycles. The molecule has 12 heteroatoms. The van der Waals surface area contributed by atoms with Crippen LogP contribution in [0.3, 0.4) is 0 Å². The maximum atomic E-state index is 14.4. The third-order valence-electron chi connectivity index (χ3n) is 5.61. The highest BCUT2D eigenvalue weighted by atomic mass is 19.4. The monoisotopic (exact) mass is 410 g/mol. The number of nitrogens with zero attached hydrogens (tertiary/aromatic N) is 8. The molecule has 3 aromatic heterocycles. The first-order chi connectivity index (χ1) is 13.7. The van der Waals surface area contributed by atoms with Gasteiger partial charge in [0, 0.05) is 19.6 Å². The lowest BCUT2D eigenvalue weighted by Gasteiger charge is -2.42. The Hall–Kier alpha value is -2.76. The predicted molar refractivity (Wildman–Crippen MR) is 95.0 cm³/mol. The fraction of sp³-hybridized carbons (Fsp3) is 0.529. The molecule has 0 spiro atoms. The van der Waals surface area contributed by atoms with Gasteiger partial charge in [-0.15, -0.1) is 0 Å². The van der Waals surface area contributed by atoms with Crippen LogP contribution < -0.4 is 4.90 Å². The molecule has 0 N–H and O–H groups in total. The van der Waals surface area contributed by atoms with Gasteiger partial charge in [-0.05, 0) is 20.4 Å². The van der Waals surface area contributed by atoms with Crippen LogP contribution in [-0.4, -0.2) is 73.2 Å². The molecule has 2 fully saturated rings. The number of hydrogen-bond donors (Lipinski definition) is 0. The zero-order chi connectivity index (χ0) is 20.5. The maximum Gasteiger partial charge on any atom is 0.408 e. The minimum absolute atomic E-state index is 0.000928. The number of aromatic nitrogens is 6. The number of imidazole rings is 1. The summed E-state index contributed by atoms with van der Waals surface area (Å²) in [4.78, 5) is 13.2. The van der Waals surface area contributed by atoms with E-state index in [1.165, 1.54) is 10.6 Å². The number of aryl methyl sites for hydroxylation is 1. The molecule has 0 saturated carbocycles. The predicted octanol–water partition coefficient (Wildman–Crippen LogP) is 2.06. The van der Waals surface area contributed by atoms with E-state index < -0.39 is 18.2 Å². The van der Waals surface area contributed by atoms with Crippen molar-refractivity contribution in [3.8, 4) is 11.4 Å². The molecular weight excluding hydrogens is 392 g/mol. The minimum atomic E-state index is -4.40. The second-order valence-corrected chi connectivity index (χ2v) is 7.57. The molecular formula is C17H18F4N8. The Bertz CT molecular complexity index is 1080. The Morgan fingerprint density at radius 1 is 1.17 bits per heavy atom. The van der Waals surface area contributed by atoms with E-state index >= 15 is 0 Å².